The van der Waals surface area contributed by atoms with Crippen LogP contribution in [0.1, 0.15) is 41.0 Å². The third kappa shape index (κ3) is 8.01. The highest BCUT2D eigenvalue weighted by Gasteiger charge is 2.24. The van der Waals surface area contributed by atoms with E-state index in [-0.39, 0.29) is 11.9 Å². The number of methoxy groups -OCH3 is 2. The first-order valence-corrected chi connectivity index (χ1v) is 15.9. The molecule has 236 valence electrons. The lowest BCUT2D eigenvalue weighted by molar-refractivity contribution is -0.145. The molecule has 2 unspecified atom stereocenters. The standard InChI is InChI=1S/C18H18N2O3S.C16H14N2O3S/c1-3-23-18(21)15(10-12-5-4-6-14(9-12)22-2)13-7-8-16-17(11-13)20-24-19-16;1-21-12-4-2-3-10(7-12)8-13(16(19)20)11-5-6-14-15(9-11)18-22-17-14/h4-9,11,15H,3,10H2,1-2H3;2-7,9,13H,8H2,1H3,(H,19,20). The fourth-order valence-corrected chi connectivity index (χ4v) is 6.06. The molecule has 6 aromatic rings. The van der Waals surface area contributed by atoms with E-state index in [1.54, 1.807) is 20.3 Å². The molecule has 0 saturated carbocycles. The molecule has 0 bridgehead atoms. The molecule has 46 heavy (non-hydrogen) atoms. The number of hydrogen-bond acceptors (Lipinski definition) is 11. The van der Waals surface area contributed by atoms with E-state index in [1.165, 1.54) is 11.7 Å². The van der Waals surface area contributed by atoms with Crippen LogP contribution in [0.2, 0.25) is 0 Å². The van der Waals surface area contributed by atoms with Gasteiger partial charge in [-0.15, -0.1) is 0 Å². The lowest BCUT2D eigenvalue weighted by atomic mass is 9.91. The summed E-state index contributed by atoms with van der Waals surface area (Å²) in [5, 5.41) is 9.57. The van der Waals surface area contributed by atoms with E-state index >= 15 is 0 Å². The van der Waals surface area contributed by atoms with E-state index in [9.17, 15) is 14.7 Å². The molecule has 0 aliphatic carbocycles. The Kier molecular flexibility index (Phi) is 10.8. The first kappa shape index (κ1) is 32.5. The molecule has 0 aliphatic rings. The van der Waals surface area contributed by atoms with Crippen LogP contribution in [-0.2, 0) is 27.2 Å². The minimum Gasteiger partial charge on any atom is -0.497 e. The van der Waals surface area contributed by atoms with E-state index < -0.39 is 11.9 Å². The maximum atomic E-state index is 12.5. The van der Waals surface area contributed by atoms with Gasteiger partial charge in [-0.1, -0.05) is 36.4 Å². The third-order valence-corrected chi connectivity index (χ3v) is 8.49. The number of carboxylic acid groups (broad SMARTS) is 1. The van der Waals surface area contributed by atoms with Crippen molar-refractivity contribution in [3.8, 4) is 11.5 Å². The molecule has 0 spiro atoms. The second-order valence-electron chi connectivity index (χ2n) is 10.3. The van der Waals surface area contributed by atoms with Crippen molar-refractivity contribution in [1.82, 2.24) is 17.5 Å². The topological polar surface area (TPSA) is 134 Å². The molecule has 12 heteroatoms. The number of benzene rings is 4. The van der Waals surface area contributed by atoms with Crippen LogP contribution < -0.4 is 9.47 Å². The van der Waals surface area contributed by atoms with Gasteiger partial charge in [-0.25, -0.2) is 0 Å². The van der Waals surface area contributed by atoms with Crippen LogP contribution in [0.3, 0.4) is 0 Å². The summed E-state index contributed by atoms with van der Waals surface area (Å²) >= 11 is 2.29. The van der Waals surface area contributed by atoms with E-state index in [0.717, 1.165) is 67.5 Å². The van der Waals surface area contributed by atoms with Crippen molar-refractivity contribution in [2.24, 2.45) is 0 Å². The quantitative estimate of drug-likeness (QED) is 0.150. The molecule has 1 N–H and O–H groups in total. The number of fused-ring (bicyclic) bond motifs is 2. The largest absolute Gasteiger partial charge is 0.497 e. The predicted octanol–water partition coefficient (Wildman–Crippen LogP) is 6.70. The maximum absolute atomic E-state index is 12.5. The minimum atomic E-state index is -0.856. The van der Waals surface area contributed by atoms with Crippen molar-refractivity contribution in [2.45, 2.75) is 31.6 Å². The van der Waals surface area contributed by atoms with Crippen LogP contribution in [0, 0.1) is 0 Å². The van der Waals surface area contributed by atoms with Crippen molar-refractivity contribution in [3.05, 3.63) is 107 Å². The molecule has 2 atom stereocenters. The van der Waals surface area contributed by atoms with Crippen LogP contribution in [-0.4, -0.2) is 55.4 Å². The third-order valence-electron chi connectivity index (χ3n) is 7.38. The van der Waals surface area contributed by atoms with Crippen LogP contribution in [0.25, 0.3) is 22.1 Å². The van der Waals surface area contributed by atoms with Crippen molar-refractivity contribution >= 4 is 57.5 Å². The zero-order valence-corrected chi connectivity index (χ0v) is 27.1. The van der Waals surface area contributed by atoms with Crippen molar-refractivity contribution in [3.63, 3.8) is 0 Å². The number of hydrogen-bond donors (Lipinski definition) is 1. The van der Waals surface area contributed by atoms with Crippen molar-refractivity contribution < 1.29 is 28.9 Å². The number of ether oxygens (including phenoxy) is 3. The van der Waals surface area contributed by atoms with Crippen molar-refractivity contribution in [1.29, 1.82) is 0 Å². The summed E-state index contributed by atoms with van der Waals surface area (Å²) < 4.78 is 32.5. The van der Waals surface area contributed by atoms with E-state index in [0.29, 0.717) is 19.4 Å². The van der Waals surface area contributed by atoms with E-state index in [4.69, 9.17) is 14.2 Å². The van der Waals surface area contributed by atoms with Crippen molar-refractivity contribution in [2.75, 3.05) is 20.8 Å². The average molecular weight is 657 g/mol. The minimum absolute atomic E-state index is 0.233. The number of carbonyl (C=O) groups excluding carboxylic acids is 1. The zero-order valence-electron chi connectivity index (χ0n) is 25.5. The second kappa shape index (κ2) is 15.4. The fraction of sp³-hybridized carbons (Fsp3) is 0.235. The average Bonchev–Trinajstić information content (AvgIpc) is 3.75. The second-order valence-corrected chi connectivity index (χ2v) is 11.4. The highest BCUT2D eigenvalue weighted by Crippen LogP contribution is 2.28. The van der Waals surface area contributed by atoms with Crippen LogP contribution in [0.5, 0.6) is 11.5 Å². The maximum Gasteiger partial charge on any atom is 0.313 e. The highest BCUT2D eigenvalue weighted by molar-refractivity contribution is 7.00. The summed E-state index contributed by atoms with van der Waals surface area (Å²) in [7, 11) is 3.22. The molecule has 0 amide bonds. The molecule has 6 rings (SSSR count). The summed E-state index contributed by atoms with van der Waals surface area (Å²) in [6, 6.07) is 26.4. The van der Waals surface area contributed by atoms with Gasteiger partial charge >= 0.3 is 11.9 Å². The summed E-state index contributed by atoms with van der Waals surface area (Å²) in [5.74, 6) is -0.607. The Morgan fingerprint density at radius 3 is 1.63 bits per heavy atom. The SMILES string of the molecule is CCOC(=O)C(Cc1cccc(OC)c1)c1ccc2nsnc2c1.COc1cccc(CC(C(=O)O)c2ccc3nsnc3c2)c1. The van der Waals surface area contributed by atoms with Gasteiger partial charge in [0.25, 0.3) is 0 Å². The smallest absolute Gasteiger partial charge is 0.313 e. The molecule has 0 aliphatic heterocycles. The monoisotopic (exact) mass is 656 g/mol. The number of carbonyl (C=O) groups is 2. The van der Waals surface area contributed by atoms with Gasteiger partial charge in [0, 0.05) is 0 Å². The molecule has 0 saturated heterocycles. The lowest BCUT2D eigenvalue weighted by Crippen LogP contribution is -2.18. The van der Waals surface area contributed by atoms with E-state index in [1.807, 2.05) is 85.8 Å². The molecule has 0 radical (unpaired) electrons. The number of nitrogens with zero attached hydrogens (tertiary/aromatic N) is 4. The summed E-state index contributed by atoms with van der Waals surface area (Å²) in [4.78, 5) is 24.2. The Morgan fingerprint density at radius 2 is 1.15 bits per heavy atom. The first-order chi connectivity index (χ1) is 22.4. The fourth-order valence-electron chi connectivity index (χ4n) is 5.03. The Hall–Kier alpha value is -4.94. The van der Waals surface area contributed by atoms with Crippen LogP contribution in [0.4, 0.5) is 0 Å². The van der Waals surface area contributed by atoms with Gasteiger partial charge in [0.05, 0.1) is 56.1 Å². The van der Waals surface area contributed by atoms with Gasteiger partial charge in [0.1, 0.15) is 33.6 Å². The van der Waals surface area contributed by atoms with Gasteiger partial charge in [0.15, 0.2) is 0 Å². The lowest BCUT2D eigenvalue weighted by Gasteiger charge is -2.16. The molecule has 2 heterocycles. The number of aliphatic carboxylic acids is 1. The van der Waals surface area contributed by atoms with Gasteiger partial charge in [-0.3, -0.25) is 9.59 Å². The normalized spacial score (nSPS) is 12.2. The summed E-state index contributed by atoms with van der Waals surface area (Å²) in [6.45, 7) is 2.17. The number of carboxylic acids is 1. The van der Waals surface area contributed by atoms with Crippen LogP contribution in [0.15, 0.2) is 84.9 Å². The molecule has 2 aromatic heterocycles. The Balaban J connectivity index is 0.000000182. The molecule has 4 aromatic carbocycles. The summed E-state index contributed by atoms with van der Waals surface area (Å²) in [5.41, 5.74) is 6.72. The van der Waals surface area contributed by atoms with Gasteiger partial charge in [0.2, 0.25) is 0 Å². The molecule has 10 nitrogen and oxygen atoms in total. The summed E-state index contributed by atoms with van der Waals surface area (Å²) in [6.07, 6.45) is 0.939. The number of aromatic nitrogens is 4. The Bertz CT molecular complexity index is 1940. The van der Waals surface area contributed by atoms with Gasteiger partial charge in [-0.05, 0) is 90.6 Å². The Morgan fingerprint density at radius 1 is 0.674 bits per heavy atom. The zero-order chi connectivity index (χ0) is 32.5. The molecular weight excluding hydrogens is 625 g/mol. The van der Waals surface area contributed by atoms with Gasteiger partial charge < -0.3 is 19.3 Å². The van der Waals surface area contributed by atoms with E-state index in [2.05, 4.69) is 17.5 Å². The Labute approximate surface area is 274 Å². The highest BCUT2D eigenvalue weighted by atomic mass is 32.1. The van der Waals surface area contributed by atoms with Gasteiger partial charge in [-0.2, -0.15) is 17.5 Å². The number of esters is 1. The molecular formula is C34H32N4O6S2. The first-order valence-electron chi connectivity index (χ1n) is 14.5. The molecule has 0 fully saturated rings. The predicted molar refractivity (Wildman–Crippen MR) is 178 cm³/mol. The number of rotatable bonds is 11. The van der Waals surface area contributed by atoms with Crippen LogP contribution >= 0.6 is 23.5 Å².